The molecule has 8 heteroatoms. The van der Waals surface area contributed by atoms with Crippen LogP contribution < -0.4 is 22.5 Å². The number of imide groups is 1. The number of carbonyl (C=O) groups is 4. The van der Waals surface area contributed by atoms with Gasteiger partial charge in [-0.15, -0.1) is 0 Å². The fourth-order valence-corrected chi connectivity index (χ4v) is 3.50. The van der Waals surface area contributed by atoms with Gasteiger partial charge < -0.3 is 17.2 Å². The van der Waals surface area contributed by atoms with E-state index >= 15 is 0 Å². The van der Waals surface area contributed by atoms with Crippen LogP contribution in [-0.4, -0.2) is 30.2 Å². The summed E-state index contributed by atoms with van der Waals surface area (Å²) >= 11 is 0. The highest BCUT2D eigenvalue weighted by atomic mass is 16.2. The van der Waals surface area contributed by atoms with E-state index in [0.29, 0.717) is 37.8 Å². The van der Waals surface area contributed by atoms with E-state index in [0.717, 1.165) is 25.7 Å². The van der Waals surface area contributed by atoms with E-state index in [9.17, 15) is 19.2 Å². The number of rotatable bonds is 15. The number of carbonyl (C=O) groups excluding carboxylic acids is 4. The molecule has 4 amide bonds. The maximum atomic E-state index is 12.9. The van der Waals surface area contributed by atoms with Crippen molar-refractivity contribution in [3.8, 4) is 0 Å². The summed E-state index contributed by atoms with van der Waals surface area (Å²) in [5.74, 6) is -3.09. The Bertz CT molecular complexity index is 764. The molecule has 1 aromatic carbocycles. The summed E-state index contributed by atoms with van der Waals surface area (Å²) in [4.78, 5) is 48.8. The summed E-state index contributed by atoms with van der Waals surface area (Å²) in [6, 6.07) is 4.19. The Morgan fingerprint density at radius 3 is 2.19 bits per heavy atom. The van der Waals surface area contributed by atoms with Crippen molar-refractivity contribution >= 4 is 23.6 Å². The molecule has 0 radical (unpaired) electrons. The summed E-state index contributed by atoms with van der Waals surface area (Å²) in [5, 5.41) is 2.44. The Morgan fingerprint density at radius 1 is 0.903 bits per heavy atom. The zero-order valence-corrected chi connectivity index (χ0v) is 18.5. The normalized spacial score (nSPS) is 11.7. The second kappa shape index (κ2) is 14.3. The highest BCUT2D eigenvalue weighted by Crippen LogP contribution is 2.27. The largest absolute Gasteiger partial charge is 0.366 e. The van der Waals surface area contributed by atoms with Crippen molar-refractivity contribution < 1.29 is 19.2 Å². The van der Waals surface area contributed by atoms with Gasteiger partial charge in [0, 0.05) is 17.5 Å². The zero-order chi connectivity index (χ0) is 23.2. The maximum absolute atomic E-state index is 12.9. The van der Waals surface area contributed by atoms with Crippen LogP contribution >= 0.6 is 0 Å². The first kappa shape index (κ1) is 26.3. The molecule has 0 saturated heterocycles. The van der Waals surface area contributed by atoms with Crippen molar-refractivity contribution in [2.45, 2.75) is 77.0 Å². The van der Waals surface area contributed by atoms with Gasteiger partial charge in [0.25, 0.3) is 0 Å². The number of nitrogens with two attached hydrogens (primary N) is 3. The Hall–Kier alpha value is -2.74. The van der Waals surface area contributed by atoms with Gasteiger partial charge in [0.15, 0.2) is 0 Å². The molecule has 0 spiro atoms. The first-order valence-corrected chi connectivity index (χ1v) is 11.1. The van der Waals surface area contributed by atoms with Crippen LogP contribution in [-0.2, 0) is 9.59 Å². The Balaban J connectivity index is 2.94. The predicted molar refractivity (Wildman–Crippen MR) is 120 cm³/mol. The molecule has 0 fully saturated rings. The van der Waals surface area contributed by atoms with Crippen LogP contribution in [0.3, 0.4) is 0 Å². The average molecular weight is 433 g/mol. The zero-order valence-electron chi connectivity index (χ0n) is 18.5. The van der Waals surface area contributed by atoms with Gasteiger partial charge in [-0.2, -0.15) is 0 Å². The second-order valence-electron chi connectivity index (χ2n) is 7.80. The quantitative estimate of drug-likeness (QED) is 0.313. The van der Waals surface area contributed by atoms with Crippen molar-refractivity contribution in [2.75, 3.05) is 6.54 Å². The van der Waals surface area contributed by atoms with E-state index < -0.39 is 23.6 Å². The minimum Gasteiger partial charge on any atom is -0.366 e. The van der Waals surface area contributed by atoms with Crippen LogP contribution in [0, 0.1) is 0 Å². The molecule has 0 aliphatic carbocycles. The molecule has 7 N–H and O–H groups in total. The van der Waals surface area contributed by atoms with Gasteiger partial charge in [0.05, 0.1) is 5.92 Å². The molecule has 1 atom stereocenters. The summed E-state index contributed by atoms with van der Waals surface area (Å²) in [5.41, 5.74) is 17.0. The van der Waals surface area contributed by atoms with Crippen LogP contribution in [0.4, 0.5) is 0 Å². The lowest BCUT2D eigenvalue weighted by atomic mass is 9.87. The van der Waals surface area contributed by atoms with Crippen molar-refractivity contribution in [1.82, 2.24) is 5.32 Å². The van der Waals surface area contributed by atoms with Gasteiger partial charge in [-0.05, 0) is 49.6 Å². The fourth-order valence-electron chi connectivity index (χ4n) is 3.50. The summed E-state index contributed by atoms with van der Waals surface area (Å²) in [6.45, 7) is 2.60. The van der Waals surface area contributed by atoms with Crippen molar-refractivity contribution in [3.63, 3.8) is 0 Å². The molecule has 0 aliphatic rings. The van der Waals surface area contributed by atoms with Gasteiger partial charge in [-0.25, -0.2) is 0 Å². The molecule has 0 unspecified atom stereocenters. The fraction of sp³-hybridized carbons (Fsp3) is 0.565. The van der Waals surface area contributed by atoms with Gasteiger partial charge in [-0.3, -0.25) is 24.5 Å². The van der Waals surface area contributed by atoms with Crippen LogP contribution in [0.1, 0.15) is 103 Å². The average Bonchev–Trinajstić information content (AvgIpc) is 2.73. The lowest BCUT2D eigenvalue weighted by Crippen LogP contribution is -2.35. The standard InChI is InChI=1S/C23H36N4O4/c1-2-3-4-5-6-7-11-20(28)27-23(31)18(10-8-9-14-24)19-15-16(21(25)29)12-13-17(19)22(26)30/h12-13,15,18H,2-11,14,24H2,1H3,(H2,25,29)(H2,26,30)(H,27,28,31)/t18-/m0/s1. The molecule has 1 aromatic rings. The highest BCUT2D eigenvalue weighted by molar-refractivity contribution is 6.02. The summed E-state index contributed by atoms with van der Waals surface area (Å²) in [6.07, 6.45) is 8.11. The Morgan fingerprint density at radius 2 is 1.58 bits per heavy atom. The molecule has 0 bridgehead atoms. The van der Waals surface area contributed by atoms with E-state index in [1.54, 1.807) is 0 Å². The van der Waals surface area contributed by atoms with Gasteiger partial charge in [0.1, 0.15) is 0 Å². The van der Waals surface area contributed by atoms with Gasteiger partial charge >= 0.3 is 0 Å². The molecule has 0 aliphatic heterocycles. The molecular formula is C23H36N4O4. The van der Waals surface area contributed by atoms with E-state index in [1.807, 2.05) is 0 Å². The third-order valence-corrected chi connectivity index (χ3v) is 5.26. The Kier molecular flexibility index (Phi) is 12.1. The van der Waals surface area contributed by atoms with Gasteiger partial charge in [-0.1, -0.05) is 45.4 Å². The second-order valence-corrected chi connectivity index (χ2v) is 7.80. The summed E-state index contributed by atoms with van der Waals surface area (Å²) < 4.78 is 0. The van der Waals surface area contributed by atoms with E-state index in [2.05, 4.69) is 12.2 Å². The predicted octanol–water partition coefficient (Wildman–Crippen LogP) is 2.49. The van der Waals surface area contributed by atoms with Crippen LogP contribution in [0.5, 0.6) is 0 Å². The first-order chi connectivity index (χ1) is 14.8. The molecule has 0 aromatic heterocycles. The van der Waals surface area contributed by atoms with Crippen LogP contribution in [0.15, 0.2) is 18.2 Å². The SMILES string of the molecule is CCCCCCCCC(=O)NC(=O)[C@@H](CCCCN)c1cc(C(N)=O)ccc1C(N)=O. The molecule has 8 nitrogen and oxygen atoms in total. The summed E-state index contributed by atoms with van der Waals surface area (Å²) in [7, 11) is 0. The molecule has 0 saturated carbocycles. The Labute approximate surface area is 184 Å². The third-order valence-electron chi connectivity index (χ3n) is 5.26. The maximum Gasteiger partial charge on any atom is 0.249 e. The number of nitrogens with one attached hydrogen (secondary N) is 1. The molecule has 0 heterocycles. The highest BCUT2D eigenvalue weighted by Gasteiger charge is 2.26. The number of benzene rings is 1. The number of hydrogen-bond donors (Lipinski definition) is 4. The van der Waals surface area contributed by atoms with E-state index in [4.69, 9.17) is 17.2 Å². The topological polar surface area (TPSA) is 158 Å². The van der Waals surface area contributed by atoms with Crippen molar-refractivity contribution in [3.05, 3.63) is 34.9 Å². The van der Waals surface area contributed by atoms with Crippen LogP contribution in [0.25, 0.3) is 0 Å². The molecule has 172 valence electrons. The number of hydrogen-bond acceptors (Lipinski definition) is 5. The lowest BCUT2D eigenvalue weighted by Gasteiger charge is -2.19. The molecule has 1 rings (SSSR count). The minimum atomic E-state index is -0.818. The molecule has 31 heavy (non-hydrogen) atoms. The number of unbranched alkanes of at least 4 members (excludes halogenated alkanes) is 6. The number of primary amides is 2. The van der Waals surface area contributed by atoms with E-state index in [1.165, 1.54) is 24.6 Å². The minimum absolute atomic E-state index is 0.126. The first-order valence-electron chi connectivity index (χ1n) is 11.1. The van der Waals surface area contributed by atoms with Crippen LogP contribution in [0.2, 0.25) is 0 Å². The number of amides is 4. The monoisotopic (exact) mass is 432 g/mol. The lowest BCUT2D eigenvalue weighted by molar-refractivity contribution is -0.131. The van der Waals surface area contributed by atoms with Gasteiger partial charge in [0.2, 0.25) is 23.6 Å². The van der Waals surface area contributed by atoms with Crippen molar-refractivity contribution in [1.29, 1.82) is 0 Å². The smallest absolute Gasteiger partial charge is 0.249 e. The molecular weight excluding hydrogens is 396 g/mol. The van der Waals surface area contributed by atoms with E-state index in [-0.39, 0.29) is 23.5 Å². The third kappa shape index (κ3) is 9.29. The van der Waals surface area contributed by atoms with Crippen molar-refractivity contribution in [2.24, 2.45) is 17.2 Å².